The van der Waals surface area contributed by atoms with Crippen LogP contribution in [0.25, 0.3) is 11.0 Å². The van der Waals surface area contributed by atoms with Crippen LogP contribution in [0.2, 0.25) is 5.02 Å². The molecule has 1 heterocycles. The number of fused-ring (bicyclic) bond motifs is 1. The van der Waals surface area contributed by atoms with E-state index in [1.54, 1.807) is 0 Å². The summed E-state index contributed by atoms with van der Waals surface area (Å²) >= 11 is 7.22. The SMILES string of the molecule is Cc1ccc2nc(SCC(=O)Nc3ccc([N+](=O)[O-])cc3Cl)[nH]c2c1. The molecule has 2 N–H and O–H groups in total. The molecule has 9 heteroatoms. The second-order valence-electron chi connectivity index (χ2n) is 5.32. The summed E-state index contributed by atoms with van der Waals surface area (Å²) in [5, 5.41) is 14.1. The number of halogens is 1. The summed E-state index contributed by atoms with van der Waals surface area (Å²) in [6, 6.07) is 9.78. The molecule has 0 bridgehead atoms. The number of nitrogens with zero attached hydrogens (tertiary/aromatic N) is 2. The molecule has 0 spiro atoms. The van der Waals surface area contributed by atoms with Gasteiger partial charge in [-0.1, -0.05) is 29.4 Å². The maximum Gasteiger partial charge on any atom is 0.271 e. The molecule has 0 aliphatic heterocycles. The van der Waals surface area contributed by atoms with Crippen molar-refractivity contribution in [2.45, 2.75) is 12.1 Å². The van der Waals surface area contributed by atoms with E-state index in [9.17, 15) is 14.9 Å². The third-order valence-corrected chi connectivity index (χ3v) is 4.58. The Morgan fingerprint density at radius 2 is 2.16 bits per heavy atom. The molecule has 0 aliphatic carbocycles. The van der Waals surface area contributed by atoms with Crippen molar-refractivity contribution in [3.8, 4) is 0 Å². The Kier molecular flexibility index (Phi) is 4.91. The Morgan fingerprint density at radius 3 is 2.88 bits per heavy atom. The van der Waals surface area contributed by atoms with Crippen molar-refractivity contribution in [2.24, 2.45) is 0 Å². The number of hydrogen-bond donors (Lipinski definition) is 2. The van der Waals surface area contributed by atoms with E-state index in [1.165, 1.54) is 30.0 Å². The number of nitro benzene ring substituents is 1. The number of amides is 1. The lowest BCUT2D eigenvalue weighted by Gasteiger charge is -2.06. The fourth-order valence-corrected chi connectivity index (χ4v) is 3.11. The van der Waals surface area contributed by atoms with Crippen LogP contribution in [-0.4, -0.2) is 26.6 Å². The third-order valence-electron chi connectivity index (χ3n) is 3.39. The van der Waals surface area contributed by atoms with Crippen LogP contribution < -0.4 is 5.32 Å². The number of non-ortho nitro benzene ring substituents is 1. The highest BCUT2D eigenvalue weighted by atomic mass is 35.5. The second kappa shape index (κ2) is 7.12. The topological polar surface area (TPSA) is 101 Å². The van der Waals surface area contributed by atoms with Crippen LogP contribution in [0.3, 0.4) is 0 Å². The first kappa shape index (κ1) is 17.2. The maximum atomic E-state index is 12.1. The lowest BCUT2D eigenvalue weighted by molar-refractivity contribution is -0.384. The highest BCUT2D eigenvalue weighted by Crippen LogP contribution is 2.27. The summed E-state index contributed by atoms with van der Waals surface area (Å²) in [6.45, 7) is 1.99. The molecular weight excluding hydrogens is 364 g/mol. The number of imidazole rings is 1. The van der Waals surface area contributed by atoms with E-state index in [-0.39, 0.29) is 22.4 Å². The fraction of sp³-hybridized carbons (Fsp3) is 0.125. The van der Waals surface area contributed by atoms with Crippen molar-refractivity contribution in [3.05, 3.63) is 57.1 Å². The number of benzene rings is 2. The number of nitro groups is 1. The van der Waals surface area contributed by atoms with E-state index >= 15 is 0 Å². The van der Waals surface area contributed by atoms with Crippen molar-refractivity contribution >= 4 is 51.7 Å². The zero-order valence-electron chi connectivity index (χ0n) is 13.1. The molecule has 0 radical (unpaired) electrons. The Balaban J connectivity index is 1.63. The third kappa shape index (κ3) is 4.09. The zero-order chi connectivity index (χ0) is 18.0. The second-order valence-corrected chi connectivity index (χ2v) is 6.69. The number of rotatable bonds is 5. The quantitative estimate of drug-likeness (QED) is 0.395. The van der Waals surface area contributed by atoms with Crippen molar-refractivity contribution in [1.82, 2.24) is 9.97 Å². The Bertz CT molecular complexity index is 973. The van der Waals surface area contributed by atoms with Gasteiger partial charge in [0.1, 0.15) is 0 Å². The summed E-state index contributed by atoms with van der Waals surface area (Å²) < 4.78 is 0. The van der Waals surface area contributed by atoms with Gasteiger partial charge < -0.3 is 10.3 Å². The van der Waals surface area contributed by atoms with Crippen LogP contribution in [0.4, 0.5) is 11.4 Å². The van der Waals surface area contributed by atoms with Crippen molar-refractivity contribution < 1.29 is 9.72 Å². The minimum atomic E-state index is -0.545. The monoisotopic (exact) mass is 376 g/mol. The van der Waals surface area contributed by atoms with Gasteiger partial charge in [-0.05, 0) is 30.7 Å². The molecule has 0 unspecified atom stereocenters. The Morgan fingerprint density at radius 1 is 1.36 bits per heavy atom. The van der Waals surface area contributed by atoms with Crippen LogP contribution in [0, 0.1) is 17.0 Å². The first-order chi connectivity index (χ1) is 11.9. The smallest absolute Gasteiger partial charge is 0.271 e. The van der Waals surface area contributed by atoms with Crippen LogP contribution >= 0.6 is 23.4 Å². The molecular formula is C16H13ClN4O3S. The number of aromatic nitrogens is 2. The van der Waals surface area contributed by atoms with Gasteiger partial charge in [0.25, 0.3) is 5.69 Å². The molecule has 1 amide bonds. The maximum absolute atomic E-state index is 12.1. The number of H-pyrrole nitrogens is 1. The van der Waals surface area contributed by atoms with Crippen molar-refractivity contribution in [3.63, 3.8) is 0 Å². The number of anilines is 1. The average Bonchev–Trinajstić information content (AvgIpc) is 2.96. The lowest BCUT2D eigenvalue weighted by Crippen LogP contribution is -2.14. The van der Waals surface area contributed by atoms with Gasteiger partial charge in [-0.25, -0.2) is 4.98 Å². The fourth-order valence-electron chi connectivity index (χ4n) is 2.21. The summed E-state index contributed by atoms with van der Waals surface area (Å²) in [5.41, 5.74) is 3.08. The Labute approximate surface area is 151 Å². The first-order valence-corrected chi connectivity index (χ1v) is 8.62. The number of aryl methyl sites for hydroxylation is 1. The number of aromatic amines is 1. The zero-order valence-corrected chi connectivity index (χ0v) is 14.6. The van der Waals surface area contributed by atoms with Gasteiger partial charge >= 0.3 is 0 Å². The summed E-state index contributed by atoms with van der Waals surface area (Å²) in [7, 11) is 0. The predicted molar refractivity (Wildman–Crippen MR) is 98.3 cm³/mol. The molecule has 3 rings (SSSR count). The molecule has 2 aromatic carbocycles. The molecule has 1 aromatic heterocycles. The number of carbonyl (C=O) groups is 1. The van der Waals surface area contributed by atoms with Crippen LogP contribution in [0.15, 0.2) is 41.6 Å². The molecule has 7 nitrogen and oxygen atoms in total. The van der Waals surface area contributed by atoms with E-state index in [4.69, 9.17) is 11.6 Å². The molecule has 25 heavy (non-hydrogen) atoms. The normalized spacial score (nSPS) is 10.8. The number of nitrogens with one attached hydrogen (secondary N) is 2. The Hall–Kier alpha value is -2.58. The summed E-state index contributed by atoms with van der Waals surface area (Å²) in [6.07, 6.45) is 0. The van der Waals surface area contributed by atoms with Crippen LogP contribution in [0.1, 0.15) is 5.56 Å². The van der Waals surface area contributed by atoms with E-state index in [0.717, 1.165) is 16.6 Å². The van der Waals surface area contributed by atoms with Crippen molar-refractivity contribution in [1.29, 1.82) is 0 Å². The standard InChI is InChI=1S/C16H13ClN4O3S/c1-9-2-4-13-14(6-9)20-16(19-13)25-8-15(22)18-12-5-3-10(21(23)24)7-11(12)17/h2-7H,8H2,1H3,(H,18,22)(H,19,20). The molecule has 0 aliphatic rings. The van der Waals surface area contributed by atoms with Gasteiger partial charge in [-0.3, -0.25) is 14.9 Å². The van der Waals surface area contributed by atoms with Crippen LogP contribution in [0.5, 0.6) is 0 Å². The first-order valence-electron chi connectivity index (χ1n) is 7.25. The van der Waals surface area contributed by atoms with E-state index in [0.29, 0.717) is 10.8 Å². The summed E-state index contributed by atoms with van der Waals surface area (Å²) in [4.78, 5) is 29.8. The van der Waals surface area contributed by atoms with E-state index < -0.39 is 4.92 Å². The molecule has 0 atom stereocenters. The largest absolute Gasteiger partial charge is 0.333 e. The molecule has 0 saturated carbocycles. The number of thioether (sulfide) groups is 1. The highest BCUT2D eigenvalue weighted by molar-refractivity contribution is 7.99. The molecule has 0 saturated heterocycles. The van der Waals surface area contributed by atoms with Crippen LogP contribution in [-0.2, 0) is 4.79 Å². The van der Waals surface area contributed by atoms with Crippen molar-refractivity contribution in [2.75, 3.05) is 11.1 Å². The minimum absolute atomic E-state index is 0.117. The van der Waals surface area contributed by atoms with Gasteiger partial charge in [0.2, 0.25) is 5.91 Å². The highest BCUT2D eigenvalue weighted by Gasteiger charge is 2.12. The molecule has 128 valence electrons. The molecule has 3 aromatic rings. The van der Waals surface area contributed by atoms with Gasteiger partial charge in [-0.2, -0.15) is 0 Å². The minimum Gasteiger partial charge on any atom is -0.333 e. The van der Waals surface area contributed by atoms with Gasteiger partial charge in [0, 0.05) is 12.1 Å². The van der Waals surface area contributed by atoms with E-state index in [2.05, 4.69) is 15.3 Å². The van der Waals surface area contributed by atoms with Gasteiger partial charge in [0.15, 0.2) is 5.16 Å². The number of carbonyl (C=O) groups excluding carboxylic acids is 1. The van der Waals surface area contributed by atoms with E-state index in [1.807, 2.05) is 25.1 Å². The lowest BCUT2D eigenvalue weighted by atomic mass is 10.2. The predicted octanol–water partition coefficient (Wildman–Crippen LogP) is 4.16. The molecule has 0 fully saturated rings. The summed E-state index contributed by atoms with van der Waals surface area (Å²) in [5.74, 6) is -0.149. The number of hydrogen-bond acceptors (Lipinski definition) is 5. The van der Waals surface area contributed by atoms with Gasteiger partial charge in [-0.15, -0.1) is 0 Å². The average molecular weight is 377 g/mol. The van der Waals surface area contributed by atoms with Gasteiger partial charge in [0.05, 0.1) is 32.4 Å².